The van der Waals surface area contributed by atoms with Gasteiger partial charge in [0.1, 0.15) is 18.2 Å². The Morgan fingerprint density at radius 2 is 1.92 bits per heavy atom. The van der Waals surface area contributed by atoms with Crippen LogP contribution in [0.4, 0.5) is 0 Å². The first-order valence-electron chi connectivity index (χ1n) is 8.56. The summed E-state index contributed by atoms with van der Waals surface area (Å²) in [6.45, 7) is 7.96. The number of hydrogen-bond donors (Lipinski definition) is 1. The van der Waals surface area contributed by atoms with E-state index in [2.05, 4.69) is 28.5 Å². The van der Waals surface area contributed by atoms with Crippen molar-refractivity contribution in [3.8, 4) is 11.5 Å². The SMILES string of the molecule is CCN(CC)Cc1csc(CNS(=O)(=O)c2ccc3c(c2)OCCO3)n1. The zero-order chi connectivity index (χ0) is 18.6. The van der Waals surface area contributed by atoms with Gasteiger partial charge in [-0.25, -0.2) is 18.1 Å². The molecule has 7 nitrogen and oxygen atoms in total. The molecule has 1 aliphatic heterocycles. The van der Waals surface area contributed by atoms with Gasteiger partial charge in [0.15, 0.2) is 11.5 Å². The topological polar surface area (TPSA) is 80.8 Å². The lowest BCUT2D eigenvalue weighted by molar-refractivity contribution is 0.171. The third-order valence-corrected chi connectivity index (χ3v) is 6.41. The fraction of sp³-hybridized carbons (Fsp3) is 0.471. The molecule has 142 valence electrons. The van der Waals surface area contributed by atoms with Gasteiger partial charge >= 0.3 is 0 Å². The third-order valence-electron chi connectivity index (χ3n) is 4.12. The summed E-state index contributed by atoms with van der Waals surface area (Å²) in [7, 11) is -3.64. The molecule has 26 heavy (non-hydrogen) atoms. The number of fused-ring (bicyclic) bond motifs is 1. The molecule has 0 atom stereocenters. The van der Waals surface area contributed by atoms with E-state index in [-0.39, 0.29) is 11.4 Å². The molecule has 0 fully saturated rings. The Balaban J connectivity index is 1.64. The Morgan fingerprint density at radius 3 is 2.65 bits per heavy atom. The molecule has 0 spiro atoms. The second kappa shape index (κ2) is 8.34. The first-order chi connectivity index (χ1) is 12.5. The lowest BCUT2D eigenvalue weighted by Gasteiger charge is -2.18. The smallest absolute Gasteiger partial charge is 0.241 e. The molecule has 2 heterocycles. The van der Waals surface area contributed by atoms with Crippen LogP contribution in [-0.2, 0) is 23.1 Å². The summed E-state index contributed by atoms with van der Waals surface area (Å²) in [6, 6.07) is 4.63. The van der Waals surface area contributed by atoms with E-state index in [1.54, 1.807) is 6.07 Å². The number of sulfonamides is 1. The number of ether oxygens (including phenoxy) is 2. The fourth-order valence-electron chi connectivity index (χ4n) is 2.61. The Hall–Kier alpha value is -1.68. The second-order valence-electron chi connectivity index (χ2n) is 5.82. The number of benzene rings is 1. The standard InChI is InChI=1S/C17H23N3O4S2/c1-3-20(4-2)11-13-12-25-17(19-13)10-18-26(21,22)14-5-6-15-16(9-14)24-8-7-23-15/h5-6,9,12,18H,3-4,7-8,10-11H2,1-2H3. The number of hydrogen-bond acceptors (Lipinski definition) is 7. The van der Waals surface area contributed by atoms with E-state index in [4.69, 9.17) is 9.47 Å². The van der Waals surface area contributed by atoms with Gasteiger partial charge in [-0.15, -0.1) is 11.3 Å². The van der Waals surface area contributed by atoms with Crippen molar-refractivity contribution >= 4 is 21.4 Å². The summed E-state index contributed by atoms with van der Waals surface area (Å²) in [6.07, 6.45) is 0. The Morgan fingerprint density at radius 1 is 1.19 bits per heavy atom. The highest BCUT2D eigenvalue weighted by Gasteiger charge is 2.19. The monoisotopic (exact) mass is 397 g/mol. The third kappa shape index (κ3) is 4.53. The van der Waals surface area contributed by atoms with Crippen molar-refractivity contribution < 1.29 is 17.9 Å². The van der Waals surface area contributed by atoms with Crippen LogP contribution in [0.3, 0.4) is 0 Å². The van der Waals surface area contributed by atoms with E-state index in [1.807, 2.05) is 5.38 Å². The van der Waals surface area contributed by atoms with Crippen LogP contribution in [0.15, 0.2) is 28.5 Å². The molecule has 3 rings (SSSR count). The molecule has 1 aromatic heterocycles. The molecule has 0 aliphatic carbocycles. The van der Waals surface area contributed by atoms with Gasteiger partial charge in [-0.1, -0.05) is 13.8 Å². The van der Waals surface area contributed by atoms with Crippen LogP contribution in [0.25, 0.3) is 0 Å². The number of nitrogens with zero attached hydrogens (tertiary/aromatic N) is 2. The molecular weight excluding hydrogens is 374 g/mol. The predicted octanol–water partition coefficient (Wildman–Crippen LogP) is 2.23. The molecule has 0 unspecified atom stereocenters. The second-order valence-corrected chi connectivity index (χ2v) is 8.53. The Labute approximate surface area is 158 Å². The Bertz CT molecular complexity index is 847. The zero-order valence-electron chi connectivity index (χ0n) is 14.9. The van der Waals surface area contributed by atoms with E-state index in [0.717, 1.165) is 30.3 Å². The normalized spacial score (nSPS) is 14.0. The van der Waals surface area contributed by atoms with Gasteiger partial charge in [-0.2, -0.15) is 0 Å². The molecular formula is C17H23N3O4S2. The van der Waals surface area contributed by atoms with Crippen LogP contribution in [0.5, 0.6) is 11.5 Å². The fourth-order valence-corrected chi connectivity index (χ4v) is 4.43. The van der Waals surface area contributed by atoms with Gasteiger partial charge in [-0.05, 0) is 25.2 Å². The summed E-state index contributed by atoms with van der Waals surface area (Å²) in [5, 5.41) is 2.72. The maximum absolute atomic E-state index is 12.5. The molecule has 0 radical (unpaired) electrons. The van der Waals surface area contributed by atoms with Crippen molar-refractivity contribution in [2.45, 2.75) is 31.8 Å². The number of aromatic nitrogens is 1. The largest absolute Gasteiger partial charge is 0.486 e. The van der Waals surface area contributed by atoms with Crippen LogP contribution in [0.1, 0.15) is 24.5 Å². The lowest BCUT2D eigenvalue weighted by Crippen LogP contribution is -2.24. The summed E-state index contributed by atoms with van der Waals surface area (Å²) in [5.74, 6) is 1.02. The zero-order valence-corrected chi connectivity index (χ0v) is 16.5. The van der Waals surface area contributed by atoms with Gasteiger partial charge in [0.2, 0.25) is 10.0 Å². The van der Waals surface area contributed by atoms with Gasteiger partial charge in [0, 0.05) is 18.0 Å². The molecule has 1 aromatic carbocycles. The molecule has 1 N–H and O–H groups in total. The first-order valence-corrected chi connectivity index (χ1v) is 10.9. The van der Waals surface area contributed by atoms with E-state index in [9.17, 15) is 8.42 Å². The van der Waals surface area contributed by atoms with E-state index in [0.29, 0.717) is 24.7 Å². The van der Waals surface area contributed by atoms with E-state index < -0.39 is 10.0 Å². The van der Waals surface area contributed by atoms with Crippen molar-refractivity contribution in [3.63, 3.8) is 0 Å². The van der Waals surface area contributed by atoms with Gasteiger partial charge in [0.05, 0.1) is 17.1 Å². The van der Waals surface area contributed by atoms with Crippen LogP contribution in [0.2, 0.25) is 0 Å². The van der Waals surface area contributed by atoms with Crippen molar-refractivity contribution in [2.75, 3.05) is 26.3 Å². The van der Waals surface area contributed by atoms with Crippen LogP contribution in [0, 0.1) is 0 Å². The minimum absolute atomic E-state index is 0.154. The van der Waals surface area contributed by atoms with E-state index in [1.165, 1.54) is 23.5 Å². The molecule has 0 amide bonds. The highest BCUT2D eigenvalue weighted by atomic mass is 32.2. The summed E-state index contributed by atoms with van der Waals surface area (Å²) in [5.41, 5.74) is 0.965. The van der Waals surface area contributed by atoms with Crippen LogP contribution >= 0.6 is 11.3 Å². The van der Waals surface area contributed by atoms with Crippen molar-refractivity contribution in [2.24, 2.45) is 0 Å². The average molecular weight is 398 g/mol. The maximum Gasteiger partial charge on any atom is 0.241 e. The minimum atomic E-state index is -3.64. The summed E-state index contributed by atoms with van der Waals surface area (Å²) >= 11 is 1.46. The van der Waals surface area contributed by atoms with Crippen LogP contribution in [-0.4, -0.2) is 44.6 Å². The van der Waals surface area contributed by atoms with Gasteiger partial charge in [0.25, 0.3) is 0 Å². The minimum Gasteiger partial charge on any atom is -0.486 e. The average Bonchev–Trinajstić information content (AvgIpc) is 3.11. The predicted molar refractivity (Wildman–Crippen MR) is 100 cm³/mol. The quantitative estimate of drug-likeness (QED) is 0.736. The lowest BCUT2D eigenvalue weighted by atomic mass is 10.3. The highest BCUT2D eigenvalue weighted by Crippen LogP contribution is 2.32. The maximum atomic E-state index is 12.5. The van der Waals surface area contributed by atoms with Crippen molar-refractivity contribution in [1.82, 2.24) is 14.6 Å². The molecule has 0 saturated carbocycles. The van der Waals surface area contributed by atoms with Crippen molar-refractivity contribution in [3.05, 3.63) is 34.3 Å². The molecule has 9 heteroatoms. The summed E-state index contributed by atoms with van der Waals surface area (Å²) in [4.78, 5) is 6.93. The molecule has 2 aromatic rings. The van der Waals surface area contributed by atoms with Gasteiger partial charge in [-0.3, -0.25) is 4.90 Å². The Kier molecular flexibility index (Phi) is 6.13. The molecule has 1 aliphatic rings. The number of nitrogens with one attached hydrogen (secondary N) is 1. The first kappa shape index (κ1) is 19.1. The highest BCUT2D eigenvalue weighted by molar-refractivity contribution is 7.89. The van der Waals surface area contributed by atoms with Crippen molar-refractivity contribution in [1.29, 1.82) is 0 Å². The van der Waals surface area contributed by atoms with Gasteiger partial charge < -0.3 is 9.47 Å². The summed E-state index contributed by atoms with van der Waals surface area (Å²) < 4.78 is 38.5. The van der Waals surface area contributed by atoms with Crippen LogP contribution < -0.4 is 14.2 Å². The van der Waals surface area contributed by atoms with E-state index >= 15 is 0 Å². The number of thiazole rings is 1. The number of rotatable bonds is 8. The molecule has 0 saturated heterocycles. The molecule has 0 bridgehead atoms.